The maximum Gasteiger partial charge on any atom is 0.0639 e. The molecule has 0 saturated carbocycles. The molecule has 1 aliphatic rings. The molecule has 2 atom stereocenters. The molecule has 0 radical (unpaired) electrons. The smallest absolute Gasteiger partial charge is 0.0639 e. The van der Waals surface area contributed by atoms with E-state index < -0.39 is 0 Å². The van der Waals surface area contributed by atoms with Crippen molar-refractivity contribution in [1.82, 2.24) is 10.2 Å². The average Bonchev–Trinajstić information content (AvgIpc) is 1.93. The Kier molecular flexibility index (Phi) is 3.30. The Morgan fingerprint density at radius 1 is 1.73 bits per heavy atom. The summed E-state index contributed by atoms with van der Waals surface area (Å²) in [5, 5.41) is 12.5. The number of rotatable bonds is 2. The highest BCUT2D eigenvalue weighted by Crippen LogP contribution is 2.02. The molecular weight excluding hydrogens is 140 g/mol. The molecule has 0 amide bonds. The lowest BCUT2D eigenvalue weighted by molar-refractivity contribution is 0.0897. The lowest BCUT2D eigenvalue weighted by Gasteiger charge is -2.34. The Labute approximate surface area is 68.4 Å². The monoisotopic (exact) mass is 158 g/mol. The zero-order valence-corrected chi connectivity index (χ0v) is 7.38. The average molecular weight is 158 g/mol. The van der Waals surface area contributed by atoms with Crippen LogP contribution in [0.1, 0.15) is 13.8 Å². The first-order valence-corrected chi connectivity index (χ1v) is 4.33. The van der Waals surface area contributed by atoms with Crippen LogP contribution in [0.2, 0.25) is 0 Å². The van der Waals surface area contributed by atoms with E-state index in [9.17, 15) is 0 Å². The van der Waals surface area contributed by atoms with Crippen LogP contribution in [-0.2, 0) is 0 Å². The van der Waals surface area contributed by atoms with Crippen molar-refractivity contribution in [2.45, 2.75) is 26.0 Å². The second kappa shape index (κ2) is 4.04. The largest absolute Gasteiger partial charge is 0.392 e. The van der Waals surface area contributed by atoms with Crippen LogP contribution in [0, 0.1) is 0 Å². The molecule has 3 nitrogen and oxygen atoms in total. The Balaban J connectivity index is 2.29. The molecule has 66 valence electrons. The Bertz CT molecular complexity index is 117. The summed E-state index contributed by atoms with van der Waals surface area (Å²) in [6.45, 7) is 8.00. The van der Waals surface area contributed by atoms with Gasteiger partial charge in [-0.05, 0) is 13.8 Å². The number of nitrogens with one attached hydrogen (secondary N) is 1. The quantitative estimate of drug-likeness (QED) is 0.577. The topological polar surface area (TPSA) is 35.5 Å². The fourth-order valence-electron chi connectivity index (χ4n) is 1.49. The lowest BCUT2D eigenvalue weighted by atomic mass is 10.2. The molecule has 11 heavy (non-hydrogen) atoms. The molecule has 1 saturated heterocycles. The second-order valence-electron chi connectivity index (χ2n) is 3.40. The van der Waals surface area contributed by atoms with Crippen LogP contribution >= 0.6 is 0 Å². The molecule has 1 fully saturated rings. The molecule has 2 N–H and O–H groups in total. The fourth-order valence-corrected chi connectivity index (χ4v) is 1.49. The number of piperazine rings is 1. The van der Waals surface area contributed by atoms with Crippen molar-refractivity contribution in [3.05, 3.63) is 0 Å². The third kappa shape index (κ3) is 2.77. The van der Waals surface area contributed by atoms with Gasteiger partial charge in [0.2, 0.25) is 0 Å². The third-order valence-corrected chi connectivity index (χ3v) is 2.14. The molecule has 0 spiro atoms. The van der Waals surface area contributed by atoms with Crippen molar-refractivity contribution >= 4 is 0 Å². The third-order valence-electron chi connectivity index (χ3n) is 2.14. The van der Waals surface area contributed by atoms with Crippen LogP contribution in [0.15, 0.2) is 0 Å². The van der Waals surface area contributed by atoms with Gasteiger partial charge in [-0.25, -0.2) is 0 Å². The highest BCUT2D eigenvalue weighted by Gasteiger charge is 2.18. The number of aliphatic hydroxyl groups excluding tert-OH is 1. The number of aliphatic hydroxyl groups is 1. The molecular formula is C8H18N2O. The maximum absolute atomic E-state index is 9.16. The van der Waals surface area contributed by atoms with Gasteiger partial charge in [-0.1, -0.05) is 0 Å². The normalized spacial score (nSPS) is 30.3. The molecule has 1 aliphatic heterocycles. The Morgan fingerprint density at radius 3 is 3.00 bits per heavy atom. The van der Waals surface area contributed by atoms with Crippen LogP contribution in [-0.4, -0.2) is 48.3 Å². The zero-order chi connectivity index (χ0) is 8.27. The van der Waals surface area contributed by atoms with E-state index in [1.807, 2.05) is 6.92 Å². The van der Waals surface area contributed by atoms with Gasteiger partial charge in [-0.2, -0.15) is 0 Å². The molecule has 0 aliphatic carbocycles. The first kappa shape index (κ1) is 8.97. The predicted molar refractivity (Wildman–Crippen MR) is 45.6 cm³/mol. The minimum atomic E-state index is -0.199. The van der Waals surface area contributed by atoms with Crippen LogP contribution in [0.3, 0.4) is 0 Å². The van der Waals surface area contributed by atoms with Gasteiger partial charge in [0, 0.05) is 32.2 Å². The van der Waals surface area contributed by atoms with Crippen molar-refractivity contribution in [3.8, 4) is 0 Å². The number of β-amino-alcohol motifs (C(OH)–C–C–N with tert-alkyl or cyclic N) is 1. The highest BCUT2D eigenvalue weighted by atomic mass is 16.3. The van der Waals surface area contributed by atoms with Gasteiger partial charge in [0.15, 0.2) is 0 Å². The molecule has 0 aromatic rings. The molecule has 1 rings (SSSR count). The number of hydrogen-bond acceptors (Lipinski definition) is 3. The Morgan fingerprint density at radius 2 is 2.45 bits per heavy atom. The first-order valence-electron chi connectivity index (χ1n) is 4.33. The van der Waals surface area contributed by atoms with E-state index >= 15 is 0 Å². The van der Waals surface area contributed by atoms with Gasteiger partial charge in [0.1, 0.15) is 0 Å². The van der Waals surface area contributed by atoms with E-state index in [4.69, 9.17) is 5.11 Å². The van der Waals surface area contributed by atoms with Crippen molar-refractivity contribution in [2.75, 3.05) is 26.2 Å². The summed E-state index contributed by atoms with van der Waals surface area (Å²) >= 11 is 0. The summed E-state index contributed by atoms with van der Waals surface area (Å²) in [6, 6.07) is 0.568. The van der Waals surface area contributed by atoms with Gasteiger partial charge in [0.25, 0.3) is 0 Å². The summed E-state index contributed by atoms with van der Waals surface area (Å²) in [6.07, 6.45) is -0.199. The number of hydrogen-bond donors (Lipinski definition) is 2. The summed E-state index contributed by atoms with van der Waals surface area (Å²) in [5.74, 6) is 0. The predicted octanol–water partition coefficient (Wildman–Crippen LogP) is -0.339. The lowest BCUT2D eigenvalue weighted by Crippen LogP contribution is -2.51. The number of nitrogens with zero attached hydrogens (tertiary/aromatic N) is 1. The fraction of sp³-hybridized carbons (Fsp3) is 1.00. The SMILES string of the molecule is CC(O)CN1CCNC[C@H]1C. The van der Waals surface area contributed by atoms with Gasteiger partial charge < -0.3 is 10.4 Å². The zero-order valence-electron chi connectivity index (χ0n) is 7.38. The van der Waals surface area contributed by atoms with Crippen molar-refractivity contribution in [2.24, 2.45) is 0 Å². The van der Waals surface area contributed by atoms with Gasteiger partial charge in [-0.15, -0.1) is 0 Å². The van der Waals surface area contributed by atoms with E-state index in [0.29, 0.717) is 6.04 Å². The minimum absolute atomic E-state index is 0.199. The van der Waals surface area contributed by atoms with Crippen LogP contribution in [0.5, 0.6) is 0 Å². The standard InChI is InChI=1S/C8H18N2O/c1-7-5-9-3-4-10(7)6-8(2)11/h7-9,11H,3-6H2,1-2H3/t7-,8?/m1/s1. The van der Waals surface area contributed by atoms with Crippen LogP contribution in [0.25, 0.3) is 0 Å². The van der Waals surface area contributed by atoms with Crippen molar-refractivity contribution in [1.29, 1.82) is 0 Å². The van der Waals surface area contributed by atoms with Gasteiger partial charge >= 0.3 is 0 Å². The molecule has 1 unspecified atom stereocenters. The van der Waals surface area contributed by atoms with E-state index in [2.05, 4.69) is 17.1 Å². The van der Waals surface area contributed by atoms with Gasteiger partial charge in [0.05, 0.1) is 6.10 Å². The second-order valence-corrected chi connectivity index (χ2v) is 3.40. The van der Waals surface area contributed by atoms with Crippen molar-refractivity contribution < 1.29 is 5.11 Å². The van der Waals surface area contributed by atoms with Crippen LogP contribution < -0.4 is 5.32 Å². The molecule has 3 heteroatoms. The van der Waals surface area contributed by atoms with Crippen molar-refractivity contribution in [3.63, 3.8) is 0 Å². The molecule has 1 heterocycles. The minimum Gasteiger partial charge on any atom is -0.392 e. The van der Waals surface area contributed by atoms with Gasteiger partial charge in [-0.3, -0.25) is 4.90 Å². The summed E-state index contributed by atoms with van der Waals surface area (Å²) in [5.41, 5.74) is 0. The van der Waals surface area contributed by atoms with E-state index in [0.717, 1.165) is 26.2 Å². The van der Waals surface area contributed by atoms with Crippen LogP contribution in [0.4, 0.5) is 0 Å². The maximum atomic E-state index is 9.16. The van der Waals surface area contributed by atoms with E-state index in [1.165, 1.54) is 0 Å². The van der Waals surface area contributed by atoms with E-state index in [-0.39, 0.29) is 6.10 Å². The highest BCUT2D eigenvalue weighted by molar-refractivity contribution is 4.76. The molecule has 0 bridgehead atoms. The molecule has 0 aromatic heterocycles. The summed E-state index contributed by atoms with van der Waals surface area (Å²) in [4.78, 5) is 2.32. The molecule has 0 aromatic carbocycles. The van der Waals surface area contributed by atoms with E-state index in [1.54, 1.807) is 0 Å². The first-order chi connectivity index (χ1) is 5.20. The Hall–Kier alpha value is -0.120. The summed E-state index contributed by atoms with van der Waals surface area (Å²) in [7, 11) is 0. The summed E-state index contributed by atoms with van der Waals surface area (Å²) < 4.78 is 0.